The second-order valence-corrected chi connectivity index (χ2v) is 21.2. The van der Waals surface area contributed by atoms with Gasteiger partial charge in [-0.05, 0) is 131 Å². The van der Waals surface area contributed by atoms with Crippen LogP contribution in [-0.4, -0.2) is 142 Å². The number of cyclic esters (lactones) is 1. The maximum absolute atomic E-state index is 14.8. The van der Waals surface area contributed by atoms with Crippen LogP contribution in [0.15, 0.2) is 54.7 Å². The number of aromatic nitrogens is 2. The van der Waals surface area contributed by atoms with E-state index in [4.69, 9.17) is 14.5 Å². The molecule has 0 saturated carbocycles. The van der Waals surface area contributed by atoms with E-state index in [0.717, 1.165) is 39.0 Å². The molecule has 2 aromatic heterocycles. The molecule has 71 heavy (non-hydrogen) atoms. The minimum Gasteiger partial charge on any atom is -0.508 e. The fraction of sp³-hybridized carbons (Fsp3) is 0.527. The number of benzene rings is 2. The number of likely N-dealkylation sites (N-methyl/N-ethyl adjacent to an activating group) is 1. The maximum Gasteiger partial charge on any atom is 0.324 e. The first-order chi connectivity index (χ1) is 33.6. The number of fused-ring (bicyclic) bond motifs is 6. The average Bonchev–Trinajstić information content (AvgIpc) is 3.94. The minimum atomic E-state index is -1.18. The molecule has 0 aliphatic carbocycles. The molecule has 4 atom stereocenters. The van der Waals surface area contributed by atoms with Gasteiger partial charge in [0.15, 0.2) is 0 Å². The highest BCUT2D eigenvalue weighted by Gasteiger charge is 2.40. The van der Waals surface area contributed by atoms with E-state index < -0.39 is 52.8 Å². The second-order valence-electron chi connectivity index (χ2n) is 21.2. The van der Waals surface area contributed by atoms with Gasteiger partial charge in [-0.1, -0.05) is 45.7 Å². The predicted molar refractivity (Wildman–Crippen MR) is 272 cm³/mol. The summed E-state index contributed by atoms with van der Waals surface area (Å²) in [5.41, 5.74) is 9.00. The summed E-state index contributed by atoms with van der Waals surface area (Å²) < 4.78 is 14.0. The van der Waals surface area contributed by atoms with Crippen LogP contribution in [0, 0.1) is 29.1 Å². The van der Waals surface area contributed by atoms with Gasteiger partial charge in [0.05, 0.1) is 36.1 Å². The van der Waals surface area contributed by atoms with Gasteiger partial charge >= 0.3 is 5.97 Å². The van der Waals surface area contributed by atoms with E-state index in [2.05, 4.69) is 66.1 Å². The maximum atomic E-state index is 14.8. The lowest BCUT2D eigenvalue weighted by atomic mass is 9.84. The highest BCUT2D eigenvalue weighted by atomic mass is 16.5. The third-order valence-corrected chi connectivity index (χ3v) is 14.4. The number of amides is 4. The van der Waals surface area contributed by atoms with Gasteiger partial charge in [-0.3, -0.25) is 38.9 Å². The number of carbonyl (C=O) groups is 5. The fourth-order valence-electron chi connectivity index (χ4n) is 10.1. The van der Waals surface area contributed by atoms with Crippen LogP contribution in [0.1, 0.15) is 84.5 Å². The molecule has 380 valence electrons. The third-order valence-electron chi connectivity index (χ3n) is 14.4. The molecule has 3 aliphatic heterocycles. The molecule has 16 nitrogen and oxygen atoms in total. The van der Waals surface area contributed by atoms with Gasteiger partial charge in [-0.2, -0.15) is 0 Å². The number of nitrogens with one attached hydrogen (secondary N) is 2. The van der Waals surface area contributed by atoms with Gasteiger partial charge in [0.1, 0.15) is 23.9 Å². The number of hydrogen-bond donors (Lipinski definition) is 3. The van der Waals surface area contributed by atoms with Crippen molar-refractivity contribution in [2.45, 2.75) is 117 Å². The smallest absolute Gasteiger partial charge is 0.324 e. The summed E-state index contributed by atoms with van der Waals surface area (Å²) in [4.78, 5) is 80.4. The van der Waals surface area contributed by atoms with Crippen molar-refractivity contribution >= 4 is 40.5 Å². The zero-order valence-electron chi connectivity index (χ0n) is 43.3. The highest BCUT2D eigenvalue weighted by Crippen LogP contribution is 2.41. The largest absolute Gasteiger partial charge is 0.508 e. The van der Waals surface area contributed by atoms with Gasteiger partial charge in [0, 0.05) is 74.8 Å². The normalized spacial score (nSPS) is 20.0. The number of phenolic OH excluding ortho intramolecular Hbond substituents is 1. The lowest BCUT2D eigenvalue weighted by Crippen LogP contribution is -2.62. The summed E-state index contributed by atoms with van der Waals surface area (Å²) >= 11 is 0. The number of hydrogen-bond acceptors (Lipinski definition) is 11. The first kappa shape index (κ1) is 52.5. The molecule has 7 rings (SSSR count). The Labute approximate surface area is 418 Å². The number of likely N-dealkylation sites (tertiary alicyclic amines) is 1. The molecule has 0 unspecified atom stereocenters. The van der Waals surface area contributed by atoms with Gasteiger partial charge in [0.25, 0.3) is 11.8 Å². The Bertz CT molecular complexity index is 2730. The minimum absolute atomic E-state index is 0.0157. The fourth-order valence-corrected chi connectivity index (χ4v) is 10.1. The number of nitrogens with zero attached hydrogens (tertiary/aromatic N) is 6. The summed E-state index contributed by atoms with van der Waals surface area (Å²) in [6.45, 7) is 15.7. The van der Waals surface area contributed by atoms with Crippen LogP contribution < -0.4 is 10.7 Å². The lowest BCUT2D eigenvalue weighted by molar-refractivity contribution is -0.155. The number of phenols is 1. The monoisotopic (exact) mass is 973 g/mol. The average molecular weight is 973 g/mol. The summed E-state index contributed by atoms with van der Waals surface area (Å²) in [5, 5.41) is 16.8. The van der Waals surface area contributed by atoms with Gasteiger partial charge in [-0.15, -0.1) is 0 Å². The van der Waals surface area contributed by atoms with Crippen LogP contribution in [0.25, 0.3) is 33.3 Å². The van der Waals surface area contributed by atoms with E-state index in [9.17, 15) is 29.1 Å². The number of ether oxygens (including phenoxy) is 2. The SMILES string of the molecule is CCn1c(-c2cccnc2COC)c2c3cc(ccc31)-c1cc(O)cc(c1)C[C@H](NC(=O)[C@H](C(C)C)N(C)C(=O)[C@H]1CCN(C(=O)C#CC(C)(C)N(C)C)C1)C(=O)N1CCC[C@H](N1)C(=O)OCC(C)(C)C2. The van der Waals surface area contributed by atoms with E-state index in [1.165, 1.54) is 9.91 Å². The van der Waals surface area contributed by atoms with Crippen molar-refractivity contribution in [3.05, 3.63) is 71.5 Å². The van der Waals surface area contributed by atoms with Crippen molar-refractivity contribution in [1.82, 2.24) is 40.0 Å². The van der Waals surface area contributed by atoms with E-state index >= 15 is 0 Å². The molecule has 4 aromatic rings. The number of hydrazine groups is 1. The summed E-state index contributed by atoms with van der Waals surface area (Å²) in [7, 11) is 7.02. The Balaban J connectivity index is 1.24. The second kappa shape index (κ2) is 21.6. The van der Waals surface area contributed by atoms with Crippen molar-refractivity contribution < 1.29 is 38.6 Å². The molecule has 3 aliphatic rings. The van der Waals surface area contributed by atoms with Crippen molar-refractivity contribution in [1.29, 1.82) is 0 Å². The van der Waals surface area contributed by atoms with Gasteiger partial charge in [-0.25, -0.2) is 5.43 Å². The van der Waals surface area contributed by atoms with E-state index in [-0.39, 0.29) is 49.6 Å². The van der Waals surface area contributed by atoms with E-state index in [1.807, 2.05) is 64.9 Å². The zero-order valence-corrected chi connectivity index (χ0v) is 43.3. The first-order valence-corrected chi connectivity index (χ1v) is 24.8. The molecule has 2 saturated heterocycles. The van der Waals surface area contributed by atoms with Crippen molar-refractivity contribution in [3.63, 3.8) is 0 Å². The molecule has 2 aromatic carbocycles. The Hall–Kier alpha value is -6.28. The molecular formula is C55H72N8O8. The van der Waals surface area contributed by atoms with Crippen LogP contribution in [-0.2, 0) is 59.4 Å². The van der Waals surface area contributed by atoms with Crippen LogP contribution in [0.4, 0.5) is 0 Å². The van der Waals surface area contributed by atoms with E-state index in [0.29, 0.717) is 56.5 Å². The quantitative estimate of drug-likeness (QED) is 0.134. The van der Waals surface area contributed by atoms with Gasteiger partial charge < -0.3 is 34.3 Å². The number of aromatic hydroxyl groups is 1. The summed E-state index contributed by atoms with van der Waals surface area (Å²) in [6.07, 6.45) is 3.64. The molecule has 6 bridgehead atoms. The zero-order chi connectivity index (χ0) is 51.5. The molecule has 2 fully saturated rings. The molecule has 16 heteroatoms. The number of rotatable bonds is 10. The van der Waals surface area contributed by atoms with Crippen molar-refractivity contribution in [2.75, 3.05) is 54.5 Å². The topological polar surface area (TPSA) is 179 Å². The molecule has 3 N–H and O–H groups in total. The number of carbonyl (C=O) groups excluding carboxylic acids is 5. The summed E-state index contributed by atoms with van der Waals surface area (Å²) in [6, 6.07) is 12.4. The first-order valence-electron chi connectivity index (χ1n) is 24.8. The van der Waals surface area contributed by atoms with Crippen LogP contribution in [0.3, 0.4) is 0 Å². The summed E-state index contributed by atoms with van der Waals surface area (Å²) in [5.74, 6) is 2.71. The predicted octanol–water partition coefficient (Wildman–Crippen LogP) is 5.57. The van der Waals surface area contributed by atoms with Crippen molar-refractivity contribution in [3.8, 4) is 40.0 Å². The van der Waals surface area contributed by atoms with Crippen molar-refractivity contribution in [2.24, 2.45) is 17.3 Å². The number of methoxy groups -OCH3 is 1. The highest BCUT2D eigenvalue weighted by molar-refractivity contribution is 5.97. The molecule has 4 amide bonds. The Morgan fingerprint density at radius 3 is 2.52 bits per heavy atom. The van der Waals surface area contributed by atoms with Crippen LogP contribution in [0.2, 0.25) is 0 Å². The Morgan fingerprint density at radius 1 is 1.06 bits per heavy atom. The molecule has 5 heterocycles. The number of pyridine rings is 1. The lowest BCUT2D eigenvalue weighted by Gasteiger charge is -2.37. The van der Waals surface area contributed by atoms with Gasteiger partial charge in [0.2, 0.25) is 11.8 Å². The standard InChI is InChI=1S/C55H72N8O8/c1-12-62-46-18-17-36-29-41(46)42(49(62)40-15-13-22-56-45(40)32-70-11)30-54(4,5)33-71-53(69)43-16-14-23-63(58-43)52(68)44(27-35-25-38(36)28-39(64)26-35)57-50(66)48(34(2)3)60(10)51(67)37-20-24-61(31-37)47(65)19-21-55(6,7)59(8)9/h13,15,17-18,22,25-26,28-29,34,37,43-44,48,58,64H,12,14,16,20,23-24,27,30-33H2,1-11H3,(H,57,66)/t37-,43-,44-,48-/m0/s1. The molecule has 0 radical (unpaired) electrons. The molecular weight excluding hydrogens is 901 g/mol. The Kier molecular flexibility index (Phi) is 16.0. The number of esters is 1. The van der Waals surface area contributed by atoms with Crippen LogP contribution >= 0.6 is 0 Å². The number of aryl methyl sites for hydroxylation is 1. The third kappa shape index (κ3) is 11.6. The Morgan fingerprint density at radius 2 is 1.82 bits per heavy atom. The molecule has 0 spiro atoms. The van der Waals surface area contributed by atoms with E-state index in [1.54, 1.807) is 37.4 Å². The van der Waals surface area contributed by atoms with Crippen LogP contribution in [0.5, 0.6) is 5.75 Å².